The molecule has 0 radical (unpaired) electrons. The Labute approximate surface area is 156 Å². The summed E-state index contributed by atoms with van der Waals surface area (Å²) in [7, 11) is -3.57. The van der Waals surface area contributed by atoms with E-state index in [1.807, 2.05) is 13.8 Å². The average molecular weight is 390 g/mol. The molecular formula is C17H28ClN3O3S. The molecule has 0 aliphatic carbocycles. The van der Waals surface area contributed by atoms with Gasteiger partial charge in [-0.05, 0) is 57.9 Å². The summed E-state index contributed by atoms with van der Waals surface area (Å²) >= 11 is 0. The average Bonchev–Trinajstić information content (AvgIpc) is 2.54. The van der Waals surface area contributed by atoms with Gasteiger partial charge in [0.05, 0.1) is 4.90 Å². The molecule has 142 valence electrons. The van der Waals surface area contributed by atoms with Gasteiger partial charge in [0, 0.05) is 23.7 Å². The molecule has 1 aromatic carbocycles. The number of sulfonamides is 1. The molecule has 6 nitrogen and oxygen atoms in total. The highest BCUT2D eigenvalue weighted by molar-refractivity contribution is 7.89. The van der Waals surface area contributed by atoms with E-state index in [9.17, 15) is 13.2 Å². The van der Waals surface area contributed by atoms with Crippen LogP contribution in [0, 0.1) is 5.92 Å². The number of halogens is 1. The highest BCUT2D eigenvalue weighted by Crippen LogP contribution is 2.20. The van der Waals surface area contributed by atoms with Crippen LogP contribution < -0.4 is 15.4 Å². The van der Waals surface area contributed by atoms with Gasteiger partial charge in [-0.15, -0.1) is 12.4 Å². The molecule has 3 N–H and O–H groups in total. The quantitative estimate of drug-likeness (QED) is 0.697. The third-order valence-corrected chi connectivity index (χ3v) is 5.96. The zero-order valence-corrected chi connectivity index (χ0v) is 16.5. The van der Waals surface area contributed by atoms with E-state index in [1.165, 1.54) is 12.1 Å². The second-order valence-electron chi connectivity index (χ2n) is 6.52. The van der Waals surface area contributed by atoms with Crippen molar-refractivity contribution in [1.82, 2.24) is 10.0 Å². The van der Waals surface area contributed by atoms with Crippen molar-refractivity contribution in [2.24, 2.45) is 5.92 Å². The van der Waals surface area contributed by atoms with Crippen LogP contribution in [0.25, 0.3) is 0 Å². The highest BCUT2D eigenvalue weighted by atomic mass is 35.5. The van der Waals surface area contributed by atoms with Gasteiger partial charge in [-0.3, -0.25) is 4.79 Å². The molecule has 0 spiro atoms. The number of carbonyl (C=O) groups is 1. The Morgan fingerprint density at radius 2 is 2.12 bits per heavy atom. The molecule has 2 rings (SSSR count). The molecule has 1 heterocycles. The van der Waals surface area contributed by atoms with Crippen molar-refractivity contribution in [2.75, 3.05) is 11.9 Å². The maximum Gasteiger partial charge on any atom is 0.240 e. The molecule has 1 fully saturated rings. The number of anilines is 1. The van der Waals surface area contributed by atoms with E-state index in [2.05, 4.69) is 22.3 Å². The van der Waals surface area contributed by atoms with E-state index >= 15 is 0 Å². The first-order chi connectivity index (χ1) is 11.3. The third-order valence-electron chi connectivity index (χ3n) is 4.38. The molecule has 1 saturated heterocycles. The van der Waals surface area contributed by atoms with Gasteiger partial charge < -0.3 is 10.6 Å². The fraction of sp³-hybridized carbons (Fsp3) is 0.588. The minimum atomic E-state index is -3.57. The summed E-state index contributed by atoms with van der Waals surface area (Å²) in [4.78, 5) is 12.6. The minimum absolute atomic E-state index is 0. The first kappa shape index (κ1) is 21.9. The number of amides is 1. The summed E-state index contributed by atoms with van der Waals surface area (Å²) in [5.74, 6) is -0.0902. The lowest BCUT2D eigenvalue weighted by Crippen LogP contribution is -2.40. The third kappa shape index (κ3) is 6.26. The fourth-order valence-corrected chi connectivity index (χ4v) is 4.14. The number of hydrogen-bond donors (Lipinski definition) is 3. The summed E-state index contributed by atoms with van der Waals surface area (Å²) < 4.78 is 27.3. The van der Waals surface area contributed by atoms with Gasteiger partial charge in [-0.25, -0.2) is 13.1 Å². The van der Waals surface area contributed by atoms with Crippen molar-refractivity contribution in [3.05, 3.63) is 24.3 Å². The molecule has 1 aromatic rings. The molecule has 1 unspecified atom stereocenters. The lowest BCUT2D eigenvalue weighted by molar-refractivity contribution is -0.120. The zero-order chi connectivity index (χ0) is 17.7. The summed E-state index contributed by atoms with van der Waals surface area (Å²) in [5.41, 5.74) is 0.512. The van der Waals surface area contributed by atoms with Crippen molar-refractivity contribution in [1.29, 1.82) is 0 Å². The van der Waals surface area contributed by atoms with Gasteiger partial charge in [0.25, 0.3) is 0 Å². The largest absolute Gasteiger partial charge is 0.326 e. The zero-order valence-electron chi connectivity index (χ0n) is 14.9. The van der Waals surface area contributed by atoms with Gasteiger partial charge in [0.15, 0.2) is 0 Å². The van der Waals surface area contributed by atoms with Crippen LogP contribution in [0.5, 0.6) is 0 Å². The molecule has 25 heavy (non-hydrogen) atoms. The van der Waals surface area contributed by atoms with Crippen molar-refractivity contribution in [3.63, 3.8) is 0 Å². The van der Waals surface area contributed by atoms with Crippen LogP contribution in [-0.2, 0) is 14.8 Å². The fourth-order valence-electron chi connectivity index (χ4n) is 2.77. The van der Waals surface area contributed by atoms with E-state index < -0.39 is 10.0 Å². The topological polar surface area (TPSA) is 87.3 Å². The molecule has 0 aromatic heterocycles. The Hall–Kier alpha value is -1.15. The Kier molecular flexibility index (Phi) is 8.34. The number of carbonyl (C=O) groups excluding carboxylic acids is 1. The second kappa shape index (κ2) is 9.52. The van der Waals surface area contributed by atoms with Crippen molar-refractivity contribution in [2.45, 2.75) is 57.0 Å². The number of rotatable bonds is 6. The normalized spacial score (nSPS) is 21.9. The Morgan fingerprint density at radius 3 is 2.76 bits per heavy atom. The van der Waals surface area contributed by atoms with Gasteiger partial charge >= 0.3 is 0 Å². The monoisotopic (exact) mass is 389 g/mol. The predicted octanol–water partition coefficient (Wildman–Crippen LogP) is 2.51. The van der Waals surface area contributed by atoms with Crippen LogP contribution >= 0.6 is 12.4 Å². The summed E-state index contributed by atoms with van der Waals surface area (Å²) in [6.07, 6.45) is 2.30. The Morgan fingerprint density at radius 1 is 1.40 bits per heavy atom. The molecule has 8 heteroatoms. The van der Waals surface area contributed by atoms with Gasteiger partial charge in [-0.1, -0.05) is 13.0 Å². The Balaban J connectivity index is 0.00000312. The molecule has 1 aliphatic heterocycles. The lowest BCUT2D eigenvalue weighted by atomic mass is 9.92. The first-order valence-corrected chi connectivity index (χ1v) is 9.96. The van der Waals surface area contributed by atoms with Crippen LogP contribution in [-0.4, -0.2) is 33.0 Å². The van der Waals surface area contributed by atoms with E-state index in [0.29, 0.717) is 18.2 Å². The van der Waals surface area contributed by atoms with Crippen molar-refractivity contribution >= 4 is 34.0 Å². The minimum Gasteiger partial charge on any atom is -0.326 e. The van der Waals surface area contributed by atoms with E-state index in [0.717, 1.165) is 19.4 Å². The molecule has 0 saturated carbocycles. The second-order valence-corrected chi connectivity index (χ2v) is 8.24. The van der Waals surface area contributed by atoms with Crippen molar-refractivity contribution in [3.8, 4) is 0 Å². The van der Waals surface area contributed by atoms with E-state index in [-0.39, 0.29) is 35.2 Å². The SMILES string of the molecule is CCC(C)NS(=O)(=O)c1cccc(NC(=O)[C@H]2CCN[C@@H](C)C2)c1.Cl. The molecule has 3 atom stereocenters. The Bertz CT molecular complexity index is 681. The van der Waals surface area contributed by atoms with Crippen LogP contribution in [0.4, 0.5) is 5.69 Å². The molecule has 1 aliphatic rings. The number of hydrogen-bond acceptors (Lipinski definition) is 4. The van der Waals surface area contributed by atoms with Crippen molar-refractivity contribution < 1.29 is 13.2 Å². The van der Waals surface area contributed by atoms with Gasteiger partial charge in [-0.2, -0.15) is 0 Å². The van der Waals surface area contributed by atoms with Gasteiger partial charge in [0.1, 0.15) is 0 Å². The van der Waals surface area contributed by atoms with Crippen LogP contribution in [0.3, 0.4) is 0 Å². The van der Waals surface area contributed by atoms with E-state index in [4.69, 9.17) is 0 Å². The smallest absolute Gasteiger partial charge is 0.240 e. The standard InChI is InChI=1S/C17H27N3O3S.ClH/c1-4-12(2)20-24(22,23)16-7-5-6-15(11-16)19-17(21)14-8-9-18-13(3)10-14;/h5-7,11-14,18,20H,4,8-10H2,1-3H3,(H,19,21);1H/t12?,13-,14-;/m0./s1. The van der Waals surface area contributed by atoms with Crippen LogP contribution in [0.2, 0.25) is 0 Å². The predicted molar refractivity (Wildman–Crippen MR) is 103 cm³/mol. The lowest BCUT2D eigenvalue weighted by Gasteiger charge is -2.27. The summed E-state index contributed by atoms with van der Waals surface area (Å²) in [6, 6.07) is 6.58. The highest BCUT2D eigenvalue weighted by Gasteiger charge is 2.25. The summed E-state index contributed by atoms with van der Waals surface area (Å²) in [5, 5.41) is 6.17. The van der Waals surface area contributed by atoms with Crippen LogP contribution in [0.15, 0.2) is 29.2 Å². The van der Waals surface area contributed by atoms with Gasteiger partial charge in [0.2, 0.25) is 15.9 Å². The maximum absolute atomic E-state index is 12.4. The van der Waals surface area contributed by atoms with E-state index in [1.54, 1.807) is 12.1 Å². The molecule has 1 amide bonds. The number of piperidine rings is 1. The summed E-state index contributed by atoms with van der Waals surface area (Å²) in [6.45, 7) is 6.63. The number of nitrogens with one attached hydrogen (secondary N) is 3. The van der Waals surface area contributed by atoms with Crippen LogP contribution in [0.1, 0.15) is 40.0 Å². The maximum atomic E-state index is 12.4. The first-order valence-electron chi connectivity index (χ1n) is 8.48. The number of benzene rings is 1. The molecule has 0 bridgehead atoms. The molecular weight excluding hydrogens is 362 g/mol.